The first-order valence-corrected chi connectivity index (χ1v) is 8.72. The van der Waals surface area contributed by atoms with Gasteiger partial charge in [0.1, 0.15) is 11.5 Å². The number of nitrogens with zero attached hydrogens (tertiary/aromatic N) is 2. The minimum atomic E-state index is 0. The largest absolute Gasteiger partial charge is 0.506 e. The van der Waals surface area contributed by atoms with E-state index in [1.54, 1.807) is 20.2 Å². The van der Waals surface area contributed by atoms with Crippen LogP contribution in [-0.2, 0) is 30.6 Å². The van der Waals surface area contributed by atoms with Gasteiger partial charge < -0.3 is 14.9 Å². The van der Waals surface area contributed by atoms with Crippen molar-refractivity contribution in [1.82, 2.24) is 9.97 Å². The molecule has 2 aromatic rings. The van der Waals surface area contributed by atoms with Gasteiger partial charge in [-0.05, 0) is 38.7 Å². The second kappa shape index (κ2) is 11.5. The molecule has 0 aromatic carbocycles. The van der Waals surface area contributed by atoms with Crippen molar-refractivity contribution in [2.24, 2.45) is 0 Å². The van der Waals surface area contributed by atoms with Gasteiger partial charge in [-0.3, -0.25) is 9.97 Å². The van der Waals surface area contributed by atoms with E-state index in [0.29, 0.717) is 23.8 Å². The number of methoxy groups -OCH3 is 1. The molecular formula is C21H34N2O3. The van der Waals surface area contributed by atoms with Gasteiger partial charge in [0.25, 0.3) is 0 Å². The minimum absolute atomic E-state index is 0. The first-order valence-electron chi connectivity index (χ1n) is 8.72. The van der Waals surface area contributed by atoms with Crippen LogP contribution in [-0.4, -0.2) is 27.3 Å². The van der Waals surface area contributed by atoms with Crippen LogP contribution in [0.1, 0.15) is 61.8 Å². The molecule has 0 spiro atoms. The normalized spacial score (nSPS) is 9.92. The fourth-order valence-corrected chi connectivity index (χ4v) is 2.74. The molecule has 0 aliphatic heterocycles. The maximum absolute atomic E-state index is 9.69. The SMILES string of the molecule is C.CCc1c(COC)cnc(C)c1O.CCc1cnc(C)c(O)c1CC. The summed E-state index contributed by atoms with van der Waals surface area (Å²) in [5.74, 6) is 0.675. The van der Waals surface area contributed by atoms with E-state index in [9.17, 15) is 10.2 Å². The van der Waals surface area contributed by atoms with Crippen LogP contribution < -0.4 is 0 Å². The Balaban J connectivity index is 0.000000464. The number of aryl methyl sites for hydroxylation is 3. The van der Waals surface area contributed by atoms with E-state index in [1.165, 1.54) is 0 Å². The van der Waals surface area contributed by atoms with Crippen LogP contribution in [0.25, 0.3) is 0 Å². The molecule has 2 N–H and O–H groups in total. The molecular weight excluding hydrogens is 328 g/mol. The number of aromatic nitrogens is 2. The summed E-state index contributed by atoms with van der Waals surface area (Å²) >= 11 is 0. The summed E-state index contributed by atoms with van der Waals surface area (Å²) in [4.78, 5) is 8.18. The van der Waals surface area contributed by atoms with E-state index in [-0.39, 0.29) is 7.43 Å². The Labute approximate surface area is 158 Å². The van der Waals surface area contributed by atoms with Gasteiger partial charge in [-0.1, -0.05) is 28.2 Å². The van der Waals surface area contributed by atoms with Gasteiger partial charge in [0, 0.05) is 36.2 Å². The first kappa shape index (κ1) is 23.9. The third-order valence-corrected chi connectivity index (χ3v) is 4.25. The average Bonchev–Trinajstić information content (AvgIpc) is 2.61. The summed E-state index contributed by atoms with van der Waals surface area (Å²) in [5.41, 5.74) is 5.51. The molecule has 0 radical (unpaired) electrons. The molecule has 0 unspecified atom stereocenters. The molecule has 2 heterocycles. The van der Waals surface area contributed by atoms with E-state index in [0.717, 1.165) is 47.2 Å². The van der Waals surface area contributed by atoms with Crippen molar-refractivity contribution in [3.05, 3.63) is 46.0 Å². The number of ether oxygens (including phenoxy) is 1. The lowest BCUT2D eigenvalue weighted by atomic mass is 10.0. The van der Waals surface area contributed by atoms with E-state index >= 15 is 0 Å². The monoisotopic (exact) mass is 362 g/mol. The number of hydrogen-bond donors (Lipinski definition) is 2. The van der Waals surface area contributed by atoms with Crippen LogP contribution in [0.3, 0.4) is 0 Å². The zero-order valence-electron chi connectivity index (χ0n) is 16.2. The zero-order valence-corrected chi connectivity index (χ0v) is 16.2. The van der Waals surface area contributed by atoms with Crippen LogP contribution >= 0.6 is 0 Å². The number of aromatic hydroxyl groups is 2. The number of pyridine rings is 2. The zero-order chi connectivity index (χ0) is 19.0. The van der Waals surface area contributed by atoms with E-state index < -0.39 is 0 Å². The highest BCUT2D eigenvalue weighted by molar-refractivity contribution is 5.41. The van der Waals surface area contributed by atoms with Crippen molar-refractivity contribution in [2.75, 3.05) is 7.11 Å². The second-order valence-electron chi connectivity index (χ2n) is 5.89. The van der Waals surface area contributed by atoms with Gasteiger partial charge in [-0.15, -0.1) is 0 Å². The summed E-state index contributed by atoms with van der Waals surface area (Å²) < 4.78 is 5.01. The lowest BCUT2D eigenvalue weighted by Crippen LogP contribution is -1.98. The Bertz CT molecular complexity index is 700. The molecule has 0 fully saturated rings. The molecule has 0 aliphatic carbocycles. The molecule has 0 bridgehead atoms. The molecule has 26 heavy (non-hydrogen) atoms. The predicted octanol–water partition coefficient (Wildman–Crippen LogP) is 4.66. The van der Waals surface area contributed by atoms with Gasteiger partial charge in [0.2, 0.25) is 0 Å². The fraction of sp³-hybridized carbons (Fsp3) is 0.524. The van der Waals surface area contributed by atoms with Gasteiger partial charge in [-0.25, -0.2) is 0 Å². The Morgan fingerprint density at radius 3 is 1.62 bits per heavy atom. The summed E-state index contributed by atoms with van der Waals surface area (Å²) in [6.45, 7) is 10.3. The van der Waals surface area contributed by atoms with Crippen molar-refractivity contribution >= 4 is 0 Å². The first-order chi connectivity index (χ1) is 11.9. The lowest BCUT2D eigenvalue weighted by molar-refractivity contribution is 0.183. The van der Waals surface area contributed by atoms with Gasteiger partial charge in [0.05, 0.1) is 18.0 Å². The number of rotatable bonds is 5. The molecule has 0 saturated heterocycles. The molecule has 5 nitrogen and oxygen atoms in total. The van der Waals surface area contributed by atoms with Crippen molar-refractivity contribution < 1.29 is 14.9 Å². The highest BCUT2D eigenvalue weighted by atomic mass is 16.5. The highest BCUT2D eigenvalue weighted by Crippen LogP contribution is 2.25. The Hall–Kier alpha value is -2.14. The Morgan fingerprint density at radius 2 is 1.23 bits per heavy atom. The molecule has 0 saturated carbocycles. The molecule has 0 atom stereocenters. The molecule has 0 aliphatic rings. The van der Waals surface area contributed by atoms with Crippen LogP contribution in [0.4, 0.5) is 0 Å². The van der Waals surface area contributed by atoms with Crippen molar-refractivity contribution in [3.63, 3.8) is 0 Å². The van der Waals surface area contributed by atoms with Gasteiger partial charge in [-0.2, -0.15) is 0 Å². The van der Waals surface area contributed by atoms with E-state index in [4.69, 9.17) is 4.74 Å². The maximum Gasteiger partial charge on any atom is 0.140 e. The third-order valence-electron chi connectivity index (χ3n) is 4.25. The van der Waals surface area contributed by atoms with Crippen molar-refractivity contribution in [1.29, 1.82) is 0 Å². The van der Waals surface area contributed by atoms with Crippen LogP contribution in [0.2, 0.25) is 0 Å². The highest BCUT2D eigenvalue weighted by Gasteiger charge is 2.09. The number of hydrogen-bond acceptors (Lipinski definition) is 5. The fourth-order valence-electron chi connectivity index (χ4n) is 2.74. The quantitative estimate of drug-likeness (QED) is 0.809. The molecule has 5 heteroatoms. The van der Waals surface area contributed by atoms with Crippen LogP contribution in [0.15, 0.2) is 12.4 Å². The van der Waals surface area contributed by atoms with E-state index in [2.05, 4.69) is 16.9 Å². The molecule has 2 aromatic heterocycles. The Kier molecular flexibility index (Phi) is 10.5. The second-order valence-corrected chi connectivity index (χ2v) is 5.89. The van der Waals surface area contributed by atoms with Crippen LogP contribution in [0.5, 0.6) is 11.5 Å². The summed E-state index contributed by atoms with van der Waals surface area (Å²) in [6, 6.07) is 0. The topological polar surface area (TPSA) is 75.5 Å². The predicted molar refractivity (Wildman–Crippen MR) is 107 cm³/mol. The summed E-state index contributed by atoms with van der Waals surface area (Å²) in [7, 11) is 1.64. The van der Waals surface area contributed by atoms with Gasteiger partial charge >= 0.3 is 0 Å². The summed E-state index contributed by atoms with van der Waals surface area (Å²) in [6.07, 6.45) is 6.22. The smallest absolute Gasteiger partial charge is 0.140 e. The van der Waals surface area contributed by atoms with Crippen LogP contribution in [0, 0.1) is 13.8 Å². The summed E-state index contributed by atoms with van der Waals surface area (Å²) in [5, 5.41) is 19.3. The minimum Gasteiger partial charge on any atom is -0.506 e. The van der Waals surface area contributed by atoms with Gasteiger partial charge in [0.15, 0.2) is 0 Å². The molecule has 0 amide bonds. The molecule has 146 valence electrons. The van der Waals surface area contributed by atoms with Crippen molar-refractivity contribution in [2.45, 2.75) is 67.9 Å². The van der Waals surface area contributed by atoms with E-state index in [1.807, 2.05) is 27.0 Å². The standard InChI is InChI=1S/C10H15NO2.C10H15NO.CH4/c1-4-9-8(6-13-3)5-11-7(2)10(9)12;1-4-8-6-11-7(3)10(12)9(8)5-2;/h5,12H,4,6H2,1-3H3;6,12H,4-5H2,1-3H3;1H4. The lowest BCUT2D eigenvalue weighted by Gasteiger charge is -2.09. The third kappa shape index (κ3) is 5.70. The molecule has 2 rings (SSSR count). The average molecular weight is 363 g/mol. The van der Waals surface area contributed by atoms with Crippen molar-refractivity contribution in [3.8, 4) is 11.5 Å². The maximum atomic E-state index is 9.69. The Morgan fingerprint density at radius 1 is 0.808 bits per heavy atom.